The Bertz CT molecular complexity index is 855. The Hall–Kier alpha value is -2.65. The Morgan fingerprint density at radius 1 is 0.818 bits per heavy atom. The van der Waals surface area contributed by atoms with E-state index in [1.165, 1.54) is 0 Å². The van der Waals surface area contributed by atoms with E-state index in [9.17, 15) is 5.11 Å². The smallest absolute Gasteiger partial charge is 0.125 e. The number of fused-ring (bicyclic) bond motifs is 1. The van der Waals surface area contributed by atoms with Gasteiger partial charge in [-0.1, -0.05) is 54.1 Å². The topological polar surface area (TPSA) is 45.0 Å². The van der Waals surface area contributed by atoms with E-state index in [2.05, 4.69) is 10.2 Å². The summed E-state index contributed by atoms with van der Waals surface area (Å²) in [5, 5.41) is 20.7. The fourth-order valence-electron chi connectivity index (χ4n) is 2.16. The monoisotopic (exact) mass is 308 g/mol. The van der Waals surface area contributed by atoms with Gasteiger partial charge < -0.3 is 5.11 Å². The number of aromatic hydroxyl groups is 1. The van der Waals surface area contributed by atoms with Crippen LogP contribution in [0.25, 0.3) is 10.8 Å². The average molecular weight is 309 g/mol. The average Bonchev–Trinajstić information content (AvgIpc) is 2.55. The minimum atomic E-state index is 0.184. The van der Waals surface area contributed by atoms with Crippen molar-refractivity contribution in [2.24, 2.45) is 10.2 Å². The fraction of sp³-hybridized carbons (Fsp3) is 0. The molecule has 0 saturated heterocycles. The van der Waals surface area contributed by atoms with Crippen molar-refractivity contribution in [3.63, 3.8) is 0 Å². The van der Waals surface area contributed by atoms with Gasteiger partial charge in [0.1, 0.15) is 5.75 Å². The Balaban J connectivity index is 1.86. The van der Waals surface area contributed by atoms with Gasteiger partial charge in [-0.25, -0.2) is 0 Å². The summed E-state index contributed by atoms with van der Waals surface area (Å²) in [7, 11) is 0. The van der Waals surface area contributed by atoms with Gasteiger partial charge >= 0.3 is 0 Å². The molecule has 0 aliphatic carbocycles. The summed E-state index contributed by atoms with van der Waals surface area (Å²) in [5.74, 6) is 0.184. The molecule has 0 saturated carbocycles. The number of nitrogens with zero attached hydrogens (tertiary/aromatic N) is 2. The molecule has 3 rings (SSSR count). The number of benzene rings is 3. The molecular weight excluding hydrogens is 296 g/mol. The van der Waals surface area contributed by atoms with Crippen LogP contribution in [0, 0.1) is 0 Å². The molecule has 0 aliphatic heterocycles. The van der Waals surface area contributed by atoms with Gasteiger partial charge in [0.25, 0.3) is 0 Å². The predicted molar refractivity (Wildman–Crippen MR) is 92.3 cm³/mol. The largest absolute Gasteiger partial charge is 0.507 e. The molecule has 108 valence electrons. The number of rotatable bonds is 3. The molecule has 1 N–H and O–H groups in total. The maximum Gasteiger partial charge on any atom is 0.125 e. The van der Waals surface area contributed by atoms with Gasteiger partial charge in [0.2, 0.25) is 0 Å². The molecule has 22 heavy (non-hydrogen) atoms. The van der Waals surface area contributed by atoms with Crippen molar-refractivity contribution in [1.82, 2.24) is 0 Å². The lowest BCUT2D eigenvalue weighted by Crippen LogP contribution is -1.86. The van der Waals surface area contributed by atoms with Crippen LogP contribution in [0.2, 0.25) is 5.02 Å². The first kappa shape index (κ1) is 14.3. The highest BCUT2D eigenvalue weighted by Crippen LogP contribution is 2.25. The Kier molecular flexibility index (Phi) is 4.17. The number of phenols is 1. The molecule has 3 aromatic rings. The summed E-state index contributed by atoms with van der Waals surface area (Å²) in [6.07, 6.45) is 3.19. The number of hydrogen-bond donors (Lipinski definition) is 1. The Morgan fingerprint density at radius 3 is 2.36 bits per heavy atom. The van der Waals surface area contributed by atoms with Crippen molar-refractivity contribution in [3.8, 4) is 5.75 Å². The van der Waals surface area contributed by atoms with Crippen molar-refractivity contribution < 1.29 is 5.11 Å². The highest BCUT2D eigenvalue weighted by molar-refractivity contribution is 6.30. The van der Waals surface area contributed by atoms with E-state index in [1.54, 1.807) is 30.6 Å². The van der Waals surface area contributed by atoms with Gasteiger partial charge in [-0.05, 0) is 34.5 Å². The summed E-state index contributed by atoms with van der Waals surface area (Å²) >= 11 is 5.82. The zero-order valence-electron chi connectivity index (χ0n) is 11.6. The van der Waals surface area contributed by atoms with Crippen LogP contribution in [0.3, 0.4) is 0 Å². The third-order valence-corrected chi connectivity index (χ3v) is 3.53. The maximum atomic E-state index is 10.00. The van der Waals surface area contributed by atoms with Crippen LogP contribution in [0.5, 0.6) is 5.75 Å². The third kappa shape index (κ3) is 3.15. The summed E-state index contributed by atoms with van der Waals surface area (Å²) in [5.41, 5.74) is 1.56. The summed E-state index contributed by atoms with van der Waals surface area (Å²) in [6.45, 7) is 0. The van der Waals surface area contributed by atoms with Crippen LogP contribution in [0.1, 0.15) is 11.1 Å². The van der Waals surface area contributed by atoms with Crippen LogP contribution in [0.15, 0.2) is 70.9 Å². The molecule has 3 aromatic carbocycles. The molecule has 0 spiro atoms. The van der Waals surface area contributed by atoms with E-state index in [0.29, 0.717) is 10.6 Å². The summed E-state index contributed by atoms with van der Waals surface area (Å²) in [4.78, 5) is 0. The van der Waals surface area contributed by atoms with Crippen LogP contribution in [0.4, 0.5) is 0 Å². The van der Waals surface area contributed by atoms with Gasteiger partial charge in [0.05, 0.1) is 12.4 Å². The van der Waals surface area contributed by atoms with Crippen molar-refractivity contribution in [1.29, 1.82) is 0 Å². The quantitative estimate of drug-likeness (QED) is 0.555. The van der Waals surface area contributed by atoms with Gasteiger partial charge in [-0.3, -0.25) is 0 Å². The molecule has 0 radical (unpaired) electrons. The normalized spacial score (nSPS) is 11.7. The Labute approximate surface area is 133 Å². The van der Waals surface area contributed by atoms with Crippen molar-refractivity contribution in [3.05, 3.63) is 76.8 Å². The van der Waals surface area contributed by atoms with E-state index < -0.39 is 0 Å². The first-order chi connectivity index (χ1) is 10.7. The molecule has 0 aliphatic rings. The first-order valence-corrected chi connectivity index (χ1v) is 7.14. The van der Waals surface area contributed by atoms with E-state index in [-0.39, 0.29) is 5.75 Å². The molecule has 3 nitrogen and oxygen atoms in total. The third-order valence-electron chi connectivity index (χ3n) is 3.28. The van der Waals surface area contributed by atoms with Gasteiger partial charge in [-0.15, -0.1) is 0 Å². The minimum Gasteiger partial charge on any atom is -0.507 e. The van der Waals surface area contributed by atoms with Gasteiger partial charge in [0.15, 0.2) is 0 Å². The molecular formula is C18H13ClN2O. The molecule has 0 heterocycles. The van der Waals surface area contributed by atoms with E-state index in [0.717, 1.165) is 16.3 Å². The zero-order valence-corrected chi connectivity index (χ0v) is 12.4. The second-order valence-electron chi connectivity index (χ2n) is 4.76. The number of hydrogen-bond acceptors (Lipinski definition) is 3. The van der Waals surface area contributed by atoms with Gasteiger partial charge in [0, 0.05) is 10.6 Å². The predicted octanol–water partition coefficient (Wildman–Crippen LogP) is 4.65. The summed E-state index contributed by atoms with van der Waals surface area (Å²) < 4.78 is 0. The first-order valence-electron chi connectivity index (χ1n) is 6.77. The molecule has 0 fully saturated rings. The van der Waals surface area contributed by atoms with Crippen LogP contribution < -0.4 is 0 Å². The highest BCUT2D eigenvalue weighted by Gasteiger charge is 2.03. The second-order valence-corrected chi connectivity index (χ2v) is 5.20. The van der Waals surface area contributed by atoms with Crippen LogP contribution in [-0.4, -0.2) is 17.5 Å². The number of halogens is 1. The van der Waals surface area contributed by atoms with Crippen molar-refractivity contribution in [2.45, 2.75) is 0 Å². The molecule has 0 unspecified atom stereocenters. The lowest BCUT2D eigenvalue weighted by atomic mass is 10.0. The standard InChI is InChI=1S/C18H13ClN2O/c19-15-8-5-13(6-9-15)11-20-21-12-17-16-4-2-1-3-14(16)7-10-18(17)22/h1-12,22H/b20-11+,21-12+. The Morgan fingerprint density at radius 2 is 1.55 bits per heavy atom. The van der Waals surface area contributed by atoms with Gasteiger partial charge in [-0.2, -0.15) is 10.2 Å². The molecule has 0 bridgehead atoms. The van der Waals surface area contributed by atoms with E-state index in [1.807, 2.05) is 42.5 Å². The summed E-state index contributed by atoms with van der Waals surface area (Å²) in [6, 6.07) is 18.7. The van der Waals surface area contributed by atoms with Crippen LogP contribution in [-0.2, 0) is 0 Å². The van der Waals surface area contributed by atoms with Crippen LogP contribution >= 0.6 is 11.6 Å². The highest BCUT2D eigenvalue weighted by atomic mass is 35.5. The molecule has 0 aromatic heterocycles. The fourth-order valence-corrected chi connectivity index (χ4v) is 2.29. The maximum absolute atomic E-state index is 10.00. The van der Waals surface area contributed by atoms with Crippen molar-refractivity contribution >= 4 is 34.8 Å². The minimum absolute atomic E-state index is 0.184. The molecule has 4 heteroatoms. The molecule has 0 atom stereocenters. The second kappa shape index (κ2) is 6.41. The molecule has 0 amide bonds. The number of phenolic OH excluding ortho intramolecular Hbond substituents is 1. The van der Waals surface area contributed by atoms with E-state index >= 15 is 0 Å². The lowest BCUT2D eigenvalue weighted by Gasteiger charge is -2.03. The lowest BCUT2D eigenvalue weighted by molar-refractivity contribution is 0.475. The van der Waals surface area contributed by atoms with E-state index in [4.69, 9.17) is 11.6 Å². The zero-order chi connectivity index (χ0) is 15.4. The van der Waals surface area contributed by atoms with Crippen molar-refractivity contribution in [2.75, 3.05) is 0 Å². The SMILES string of the molecule is Oc1ccc2ccccc2c1/C=N/N=C/c1ccc(Cl)cc1.